The topological polar surface area (TPSA) is 67.8 Å². The van der Waals surface area contributed by atoms with Gasteiger partial charge >= 0.3 is 5.69 Å². The standard InChI is InChI=1S/C11H12ClN3O2S/c1-3-7-4-13-8(18-7)5-15-10(16)6(2)9(12)14-11(15)17/h4H,3,5H2,1-2H3,(H,14,17). The lowest BCUT2D eigenvalue weighted by Crippen LogP contribution is -2.36. The number of thiazole rings is 1. The van der Waals surface area contributed by atoms with Crippen LogP contribution >= 0.6 is 22.9 Å². The fourth-order valence-corrected chi connectivity index (χ4v) is 2.52. The minimum absolute atomic E-state index is 0.0923. The molecular weight excluding hydrogens is 274 g/mol. The number of nitrogens with zero attached hydrogens (tertiary/aromatic N) is 2. The number of aryl methyl sites for hydroxylation is 1. The summed E-state index contributed by atoms with van der Waals surface area (Å²) in [6, 6.07) is 0. The lowest BCUT2D eigenvalue weighted by molar-refractivity contribution is 0.688. The van der Waals surface area contributed by atoms with Gasteiger partial charge < -0.3 is 0 Å². The van der Waals surface area contributed by atoms with E-state index in [0.717, 1.165) is 20.9 Å². The van der Waals surface area contributed by atoms with E-state index in [9.17, 15) is 9.59 Å². The highest BCUT2D eigenvalue weighted by Crippen LogP contribution is 2.13. The van der Waals surface area contributed by atoms with E-state index in [1.165, 1.54) is 11.3 Å². The first-order chi connectivity index (χ1) is 8.52. The van der Waals surface area contributed by atoms with Crippen molar-refractivity contribution in [3.63, 3.8) is 0 Å². The van der Waals surface area contributed by atoms with Gasteiger partial charge in [-0.1, -0.05) is 18.5 Å². The second kappa shape index (κ2) is 5.07. The van der Waals surface area contributed by atoms with Crippen LogP contribution in [0.4, 0.5) is 0 Å². The molecule has 96 valence electrons. The molecule has 0 aliphatic carbocycles. The van der Waals surface area contributed by atoms with Gasteiger partial charge in [-0.3, -0.25) is 14.3 Å². The number of halogens is 1. The van der Waals surface area contributed by atoms with Gasteiger partial charge in [0.1, 0.15) is 10.2 Å². The zero-order chi connectivity index (χ0) is 13.3. The molecule has 0 fully saturated rings. The van der Waals surface area contributed by atoms with Crippen LogP contribution in [-0.4, -0.2) is 14.5 Å². The molecule has 0 spiro atoms. The number of H-pyrrole nitrogens is 1. The van der Waals surface area contributed by atoms with E-state index in [4.69, 9.17) is 11.6 Å². The molecule has 0 atom stereocenters. The SMILES string of the molecule is CCc1cnc(Cn2c(=O)[nH]c(Cl)c(C)c2=O)s1. The second-order valence-electron chi connectivity index (χ2n) is 3.83. The van der Waals surface area contributed by atoms with Crippen molar-refractivity contribution in [1.82, 2.24) is 14.5 Å². The number of nitrogens with one attached hydrogen (secondary N) is 1. The van der Waals surface area contributed by atoms with E-state index in [1.54, 1.807) is 13.1 Å². The first-order valence-electron chi connectivity index (χ1n) is 5.45. The molecule has 0 aliphatic rings. The van der Waals surface area contributed by atoms with Crippen LogP contribution in [0, 0.1) is 6.92 Å². The van der Waals surface area contributed by atoms with Gasteiger partial charge in [0.05, 0.1) is 6.54 Å². The van der Waals surface area contributed by atoms with Crippen LogP contribution < -0.4 is 11.2 Å². The van der Waals surface area contributed by atoms with Crippen LogP contribution in [0.2, 0.25) is 5.15 Å². The summed E-state index contributed by atoms with van der Waals surface area (Å²) < 4.78 is 1.11. The van der Waals surface area contributed by atoms with E-state index >= 15 is 0 Å². The number of aromatic amines is 1. The number of hydrogen-bond acceptors (Lipinski definition) is 4. The van der Waals surface area contributed by atoms with E-state index in [0.29, 0.717) is 5.56 Å². The highest BCUT2D eigenvalue weighted by molar-refractivity contribution is 7.11. The molecule has 5 nitrogen and oxygen atoms in total. The summed E-state index contributed by atoms with van der Waals surface area (Å²) in [6.45, 7) is 3.79. The normalized spacial score (nSPS) is 10.8. The smallest absolute Gasteiger partial charge is 0.297 e. The monoisotopic (exact) mass is 285 g/mol. The molecule has 0 unspecified atom stereocenters. The fraction of sp³-hybridized carbons (Fsp3) is 0.364. The fourth-order valence-electron chi connectivity index (χ4n) is 1.51. The van der Waals surface area contributed by atoms with Gasteiger partial charge in [0.25, 0.3) is 5.56 Å². The van der Waals surface area contributed by atoms with E-state index < -0.39 is 5.69 Å². The molecule has 0 radical (unpaired) electrons. The lowest BCUT2D eigenvalue weighted by atomic mass is 10.4. The van der Waals surface area contributed by atoms with Crippen LogP contribution in [0.25, 0.3) is 0 Å². The minimum Gasteiger partial charge on any atom is -0.297 e. The second-order valence-corrected chi connectivity index (χ2v) is 5.41. The Balaban J connectivity index is 2.44. The average Bonchev–Trinajstić information content (AvgIpc) is 2.80. The average molecular weight is 286 g/mol. The van der Waals surface area contributed by atoms with Crippen molar-refractivity contribution in [2.24, 2.45) is 0 Å². The molecule has 2 rings (SSSR count). The number of aromatic nitrogens is 3. The molecule has 0 amide bonds. The predicted molar refractivity (Wildman–Crippen MR) is 71.7 cm³/mol. The summed E-state index contributed by atoms with van der Waals surface area (Å²) in [5.41, 5.74) is -0.551. The molecule has 2 aromatic rings. The van der Waals surface area contributed by atoms with Gasteiger partial charge in [-0.25, -0.2) is 9.78 Å². The van der Waals surface area contributed by atoms with E-state index in [-0.39, 0.29) is 17.3 Å². The zero-order valence-corrected chi connectivity index (χ0v) is 11.6. The first-order valence-corrected chi connectivity index (χ1v) is 6.65. The summed E-state index contributed by atoms with van der Waals surface area (Å²) in [4.78, 5) is 31.4. The van der Waals surface area contributed by atoms with Crippen molar-refractivity contribution in [3.05, 3.63) is 47.6 Å². The van der Waals surface area contributed by atoms with Crippen molar-refractivity contribution in [2.45, 2.75) is 26.8 Å². The van der Waals surface area contributed by atoms with Gasteiger partial charge in [-0.15, -0.1) is 11.3 Å². The van der Waals surface area contributed by atoms with E-state index in [1.807, 2.05) is 6.92 Å². The zero-order valence-electron chi connectivity index (χ0n) is 9.99. The Labute approximate surface area is 112 Å². The Morgan fingerprint density at radius 2 is 2.22 bits per heavy atom. The molecule has 2 aromatic heterocycles. The Kier molecular flexibility index (Phi) is 3.68. The molecule has 2 heterocycles. The van der Waals surface area contributed by atoms with Crippen molar-refractivity contribution in [3.8, 4) is 0 Å². The quantitative estimate of drug-likeness (QED) is 0.871. The molecule has 0 bridgehead atoms. The largest absolute Gasteiger partial charge is 0.329 e. The van der Waals surface area contributed by atoms with E-state index in [2.05, 4.69) is 9.97 Å². The van der Waals surface area contributed by atoms with Crippen molar-refractivity contribution in [2.75, 3.05) is 0 Å². The third-order valence-electron chi connectivity index (χ3n) is 2.60. The van der Waals surface area contributed by atoms with Gasteiger partial charge in [-0.05, 0) is 13.3 Å². The summed E-state index contributed by atoms with van der Waals surface area (Å²) in [5, 5.41) is 0.829. The third kappa shape index (κ3) is 2.39. The molecular formula is C11H12ClN3O2S. The highest BCUT2D eigenvalue weighted by atomic mass is 35.5. The number of hydrogen-bond donors (Lipinski definition) is 1. The minimum atomic E-state index is -0.510. The van der Waals surface area contributed by atoms with Crippen molar-refractivity contribution < 1.29 is 0 Å². The maximum absolute atomic E-state index is 11.9. The molecule has 18 heavy (non-hydrogen) atoms. The summed E-state index contributed by atoms with van der Waals surface area (Å²) in [5.74, 6) is 0. The Bertz CT molecular complexity index is 686. The molecule has 0 aliphatic heterocycles. The van der Waals surface area contributed by atoms with Gasteiger partial charge in [-0.2, -0.15) is 0 Å². The Morgan fingerprint density at radius 3 is 2.83 bits per heavy atom. The Hall–Kier alpha value is -1.40. The molecule has 7 heteroatoms. The summed E-state index contributed by atoms with van der Waals surface area (Å²) in [6.07, 6.45) is 2.66. The maximum Gasteiger partial charge on any atom is 0.329 e. The van der Waals surface area contributed by atoms with Crippen LogP contribution in [0.15, 0.2) is 15.8 Å². The van der Waals surface area contributed by atoms with Crippen molar-refractivity contribution >= 4 is 22.9 Å². The van der Waals surface area contributed by atoms with Crippen LogP contribution in [0.5, 0.6) is 0 Å². The third-order valence-corrected chi connectivity index (χ3v) is 4.10. The van der Waals surface area contributed by atoms with Crippen LogP contribution in [-0.2, 0) is 13.0 Å². The van der Waals surface area contributed by atoms with Gasteiger partial charge in [0.15, 0.2) is 0 Å². The number of rotatable bonds is 3. The first kappa shape index (κ1) is 13.0. The molecule has 1 N–H and O–H groups in total. The van der Waals surface area contributed by atoms with Gasteiger partial charge in [0, 0.05) is 16.6 Å². The predicted octanol–water partition coefficient (Wildman–Crippen LogP) is 1.57. The van der Waals surface area contributed by atoms with Gasteiger partial charge in [0.2, 0.25) is 0 Å². The molecule has 0 saturated carbocycles. The maximum atomic E-state index is 11.9. The molecule has 0 aromatic carbocycles. The molecule has 0 saturated heterocycles. The van der Waals surface area contributed by atoms with Crippen molar-refractivity contribution in [1.29, 1.82) is 0 Å². The summed E-state index contributed by atoms with van der Waals surface area (Å²) >= 11 is 7.24. The lowest BCUT2D eigenvalue weighted by Gasteiger charge is -2.04. The van der Waals surface area contributed by atoms with Crippen LogP contribution in [0.3, 0.4) is 0 Å². The Morgan fingerprint density at radius 1 is 1.50 bits per heavy atom. The van der Waals surface area contributed by atoms with Crippen LogP contribution in [0.1, 0.15) is 22.4 Å². The summed E-state index contributed by atoms with van der Waals surface area (Å²) in [7, 11) is 0. The highest BCUT2D eigenvalue weighted by Gasteiger charge is 2.10.